The third-order valence-electron chi connectivity index (χ3n) is 4.68. The molecule has 1 aliphatic rings. The van der Waals surface area contributed by atoms with Crippen molar-refractivity contribution in [3.05, 3.63) is 28.5 Å². The molecule has 3 heterocycles. The highest BCUT2D eigenvalue weighted by Gasteiger charge is 2.44. The number of aryl methyl sites for hydroxylation is 2. The van der Waals surface area contributed by atoms with Crippen LogP contribution in [0.3, 0.4) is 0 Å². The van der Waals surface area contributed by atoms with Crippen LogP contribution in [0.15, 0.2) is 16.5 Å². The molecule has 140 valence electrons. The zero-order chi connectivity index (χ0) is 18.9. The Morgan fingerprint density at radius 3 is 2.81 bits per heavy atom. The van der Waals surface area contributed by atoms with E-state index in [4.69, 9.17) is 9.15 Å². The lowest BCUT2D eigenvalue weighted by atomic mass is 9.80. The van der Waals surface area contributed by atoms with E-state index >= 15 is 0 Å². The van der Waals surface area contributed by atoms with Crippen molar-refractivity contribution in [3.8, 4) is 10.8 Å². The SMILES string of the molecule is COCC1(C(=O)O)CCCN(C(=O)c2sc(-c3ccc(C)o3)nc2C)C1. The van der Waals surface area contributed by atoms with E-state index in [1.165, 1.54) is 18.4 Å². The van der Waals surface area contributed by atoms with Crippen molar-refractivity contribution in [2.45, 2.75) is 26.7 Å². The molecule has 1 unspecified atom stereocenters. The Morgan fingerprint density at radius 1 is 1.42 bits per heavy atom. The van der Waals surface area contributed by atoms with Gasteiger partial charge in [-0.25, -0.2) is 4.98 Å². The Hall–Kier alpha value is -2.19. The van der Waals surface area contributed by atoms with Crippen LogP contribution in [0.1, 0.15) is 34.0 Å². The molecule has 3 rings (SSSR count). The number of piperidine rings is 1. The number of hydrogen-bond donors (Lipinski definition) is 1. The molecule has 1 fully saturated rings. The van der Waals surface area contributed by atoms with E-state index < -0.39 is 11.4 Å². The van der Waals surface area contributed by atoms with E-state index in [0.29, 0.717) is 40.7 Å². The average molecular weight is 378 g/mol. The van der Waals surface area contributed by atoms with Gasteiger partial charge in [0.25, 0.3) is 5.91 Å². The number of nitrogens with zero attached hydrogens (tertiary/aromatic N) is 2. The van der Waals surface area contributed by atoms with Gasteiger partial charge in [0, 0.05) is 20.2 Å². The molecule has 2 aromatic heterocycles. The highest BCUT2D eigenvalue weighted by molar-refractivity contribution is 7.17. The van der Waals surface area contributed by atoms with E-state index in [1.54, 1.807) is 11.8 Å². The molecule has 0 aliphatic carbocycles. The summed E-state index contributed by atoms with van der Waals surface area (Å²) in [5.41, 5.74) is -0.426. The zero-order valence-corrected chi connectivity index (χ0v) is 15.9. The second kappa shape index (κ2) is 7.20. The summed E-state index contributed by atoms with van der Waals surface area (Å²) in [5, 5.41) is 10.3. The van der Waals surface area contributed by atoms with Gasteiger partial charge < -0.3 is 19.2 Å². The summed E-state index contributed by atoms with van der Waals surface area (Å²) in [5.74, 6) is 0.302. The molecule has 1 aliphatic heterocycles. The van der Waals surface area contributed by atoms with E-state index in [9.17, 15) is 14.7 Å². The summed E-state index contributed by atoms with van der Waals surface area (Å²) in [4.78, 5) is 31.4. The Kier molecular flexibility index (Phi) is 5.15. The van der Waals surface area contributed by atoms with Crippen LogP contribution in [0.25, 0.3) is 10.8 Å². The maximum atomic E-state index is 13.0. The molecular formula is C18H22N2O5S. The molecule has 8 heteroatoms. The number of aromatic nitrogens is 1. The number of likely N-dealkylation sites (tertiary alicyclic amines) is 1. The molecule has 1 amide bonds. The predicted octanol–water partition coefficient (Wildman–Crippen LogP) is 2.97. The van der Waals surface area contributed by atoms with E-state index in [-0.39, 0.29) is 19.1 Å². The number of carbonyl (C=O) groups is 2. The van der Waals surface area contributed by atoms with Crippen LogP contribution in [0.4, 0.5) is 0 Å². The lowest BCUT2D eigenvalue weighted by Gasteiger charge is -2.39. The number of thiazole rings is 1. The fraction of sp³-hybridized carbons (Fsp3) is 0.500. The number of amides is 1. The maximum Gasteiger partial charge on any atom is 0.313 e. The molecule has 0 aromatic carbocycles. The quantitative estimate of drug-likeness (QED) is 0.860. The Balaban J connectivity index is 1.85. The molecule has 26 heavy (non-hydrogen) atoms. The van der Waals surface area contributed by atoms with Crippen LogP contribution in [0.5, 0.6) is 0 Å². The first-order valence-corrected chi connectivity index (χ1v) is 9.24. The zero-order valence-electron chi connectivity index (χ0n) is 15.1. The topological polar surface area (TPSA) is 92.9 Å². The van der Waals surface area contributed by atoms with Gasteiger partial charge in [-0.05, 0) is 38.8 Å². The van der Waals surface area contributed by atoms with Crippen LogP contribution in [0, 0.1) is 19.3 Å². The maximum absolute atomic E-state index is 13.0. The van der Waals surface area contributed by atoms with Gasteiger partial charge >= 0.3 is 5.97 Å². The Morgan fingerprint density at radius 2 is 2.19 bits per heavy atom. The third-order valence-corrected chi connectivity index (χ3v) is 5.84. The smallest absolute Gasteiger partial charge is 0.313 e. The number of hydrogen-bond acceptors (Lipinski definition) is 6. The van der Waals surface area contributed by atoms with Gasteiger partial charge in [0.05, 0.1) is 12.3 Å². The van der Waals surface area contributed by atoms with Crippen LogP contribution >= 0.6 is 11.3 Å². The summed E-state index contributed by atoms with van der Waals surface area (Å²) < 4.78 is 10.7. The minimum Gasteiger partial charge on any atom is -0.481 e. The van der Waals surface area contributed by atoms with Crippen molar-refractivity contribution >= 4 is 23.2 Å². The van der Waals surface area contributed by atoms with Gasteiger partial charge in [-0.15, -0.1) is 11.3 Å². The molecule has 0 saturated carbocycles. The standard InChI is InChI=1S/C18H22N2O5S/c1-11-5-6-13(25-11)15-19-12(2)14(26-15)16(21)20-8-4-7-18(9-20,10-24-3)17(22)23/h5-6H,4,7-10H2,1-3H3,(H,22,23). The van der Waals surface area contributed by atoms with Gasteiger partial charge in [0.2, 0.25) is 0 Å². The van der Waals surface area contributed by atoms with Gasteiger partial charge in [0.15, 0.2) is 10.8 Å². The second-order valence-corrected chi connectivity index (χ2v) is 7.69. The lowest BCUT2D eigenvalue weighted by molar-refractivity contribution is -0.155. The normalized spacial score (nSPS) is 20.3. The third kappa shape index (κ3) is 3.39. The molecule has 7 nitrogen and oxygen atoms in total. The predicted molar refractivity (Wildman–Crippen MR) is 96.4 cm³/mol. The first kappa shape index (κ1) is 18.6. The summed E-state index contributed by atoms with van der Waals surface area (Å²) >= 11 is 1.27. The number of rotatable bonds is 5. The molecule has 0 bridgehead atoms. The first-order valence-electron chi connectivity index (χ1n) is 8.42. The second-order valence-electron chi connectivity index (χ2n) is 6.69. The van der Waals surface area contributed by atoms with Crippen LogP contribution in [-0.4, -0.2) is 53.7 Å². The number of carboxylic acids is 1. The van der Waals surface area contributed by atoms with Crippen molar-refractivity contribution in [1.82, 2.24) is 9.88 Å². The molecular weight excluding hydrogens is 356 g/mol. The molecule has 1 atom stereocenters. The Bertz CT molecular complexity index is 823. The number of carboxylic acid groups (broad SMARTS) is 1. The van der Waals surface area contributed by atoms with Crippen molar-refractivity contribution in [1.29, 1.82) is 0 Å². The molecule has 2 aromatic rings. The van der Waals surface area contributed by atoms with Crippen molar-refractivity contribution in [3.63, 3.8) is 0 Å². The van der Waals surface area contributed by atoms with Gasteiger partial charge in [-0.3, -0.25) is 9.59 Å². The van der Waals surface area contributed by atoms with Crippen LogP contribution < -0.4 is 0 Å². The number of furan rings is 1. The summed E-state index contributed by atoms with van der Waals surface area (Å²) in [6.45, 7) is 4.40. The van der Waals surface area contributed by atoms with E-state index in [1.807, 2.05) is 19.1 Å². The van der Waals surface area contributed by atoms with Crippen LogP contribution in [-0.2, 0) is 9.53 Å². The van der Waals surface area contributed by atoms with Gasteiger partial charge in [-0.1, -0.05) is 0 Å². The highest BCUT2D eigenvalue weighted by atomic mass is 32.1. The van der Waals surface area contributed by atoms with E-state index in [0.717, 1.165) is 5.76 Å². The van der Waals surface area contributed by atoms with Crippen molar-refractivity contribution in [2.75, 3.05) is 26.8 Å². The minimum absolute atomic E-state index is 0.0880. The summed E-state index contributed by atoms with van der Waals surface area (Å²) in [6.07, 6.45) is 1.13. The Labute approximate surface area is 155 Å². The fourth-order valence-electron chi connectivity index (χ4n) is 3.33. The molecule has 1 N–H and O–H groups in total. The highest BCUT2D eigenvalue weighted by Crippen LogP contribution is 2.34. The number of methoxy groups -OCH3 is 1. The molecule has 1 saturated heterocycles. The van der Waals surface area contributed by atoms with Crippen LogP contribution in [0.2, 0.25) is 0 Å². The molecule has 0 spiro atoms. The summed E-state index contributed by atoms with van der Waals surface area (Å²) in [6, 6.07) is 3.68. The molecule has 0 radical (unpaired) electrons. The minimum atomic E-state index is -1.05. The van der Waals surface area contributed by atoms with E-state index in [2.05, 4.69) is 4.98 Å². The van der Waals surface area contributed by atoms with Gasteiger partial charge in [0.1, 0.15) is 16.1 Å². The fourth-order valence-corrected chi connectivity index (χ4v) is 4.32. The number of aliphatic carboxylic acids is 1. The monoisotopic (exact) mass is 378 g/mol. The average Bonchev–Trinajstić information content (AvgIpc) is 3.20. The van der Waals surface area contributed by atoms with Crippen molar-refractivity contribution in [2.24, 2.45) is 5.41 Å². The van der Waals surface area contributed by atoms with Gasteiger partial charge in [-0.2, -0.15) is 0 Å². The number of carbonyl (C=O) groups excluding carboxylic acids is 1. The largest absolute Gasteiger partial charge is 0.481 e. The lowest BCUT2D eigenvalue weighted by Crippen LogP contribution is -2.52. The first-order chi connectivity index (χ1) is 12.4. The van der Waals surface area contributed by atoms with Crippen molar-refractivity contribution < 1.29 is 23.8 Å². The summed E-state index contributed by atoms with van der Waals surface area (Å²) in [7, 11) is 1.48. The number of ether oxygens (including phenoxy) is 1.